The number of aliphatic hydroxyl groups is 1. The van der Waals surface area contributed by atoms with Crippen LogP contribution < -0.4 is 0 Å². The maximum Gasteiger partial charge on any atom is 0.330 e. The van der Waals surface area contributed by atoms with E-state index in [-0.39, 0.29) is 16.7 Å². The first kappa shape index (κ1) is 27.9. The quantitative estimate of drug-likeness (QED) is 0.585. The van der Waals surface area contributed by atoms with Gasteiger partial charge in [-0.3, -0.25) is 0 Å². The molecule has 0 fully saturated rings. The lowest BCUT2D eigenvalue weighted by Crippen LogP contribution is -1.92. The van der Waals surface area contributed by atoms with E-state index in [1.165, 1.54) is 20.8 Å². The van der Waals surface area contributed by atoms with Crippen LogP contribution in [0.2, 0.25) is 0 Å². The van der Waals surface area contributed by atoms with Crippen LogP contribution in [0, 0.1) is 0 Å². The minimum Gasteiger partial charge on any atom is -0.478 e. The predicted octanol–water partition coefficient (Wildman–Crippen LogP) is 2.33. The predicted molar refractivity (Wildman–Crippen MR) is 84.7 cm³/mol. The molecule has 0 amide bonds. The third kappa shape index (κ3) is 43.2. The molecule has 0 atom stereocenters. The van der Waals surface area contributed by atoms with E-state index in [4.69, 9.17) is 20.4 Å². The second kappa shape index (κ2) is 18.6. The number of aliphatic carboxylic acids is 3. The van der Waals surface area contributed by atoms with Crippen molar-refractivity contribution in [2.45, 2.75) is 34.1 Å². The fourth-order valence-electron chi connectivity index (χ4n) is 0. The van der Waals surface area contributed by atoms with E-state index < -0.39 is 17.9 Å². The van der Waals surface area contributed by atoms with Crippen LogP contribution in [-0.2, 0) is 14.4 Å². The highest BCUT2D eigenvalue weighted by atomic mass is 16.4. The summed E-state index contributed by atoms with van der Waals surface area (Å²) in [6.45, 7) is 16.1. The van der Waals surface area contributed by atoms with Crippen LogP contribution in [-0.4, -0.2) is 44.9 Å². The Hall–Kier alpha value is -2.41. The highest BCUT2D eigenvalue weighted by Gasteiger charge is 1.91. The third-order valence-corrected chi connectivity index (χ3v) is 1.32. The Bertz CT molecular complexity index is 300. The van der Waals surface area contributed by atoms with Gasteiger partial charge in [0.15, 0.2) is 0 Å². The molecule has 0 aromatic heterocycles. The Morgan fingerprint density at radius 3 is 0.818 bits per heavy atom. The van der Waals surface area contributed by atoms with Gasteiger partial charge in [-0.2, -0.15) is 0 Å². The van der Waals surface area contributed by atoms with Gasteiger partial charge in [-0.15, -0.1) is 0 Å². The zero-order valence-corrected chi connectivity index (χ0v) is 13.5. The monoisotopic (exact) mass is 318 g/mol. The van der Waals surface area contributed by atoms with E-state index in [9.17, 15) is 14.4 Å². The van der Waals surface area contributed by atoms with E-state index in [1.54, 1.807) is 0 Å². The first-order valence-corrected chi connectivity index (χ1v) is 6.12. The normalized spacial score (nSPS) is 7.50. The second-order valence-corrected chi connectivity index (χ2v) is 3.98. The molecule has 0 aromatic carbocycles. The van der Waals surface area contributed by atoms with Gasteiger partial charge in [0.05, 0.1) is 0 Å². The van der Waals surface area contributed by atoms with Crippen LogP contribution in [0.25, 0.3) is 0 Å². The Balaban J connectivity index is -0.0000000994. The summed E-state index contributed by atoms with van der Waals surface area (Å²) >= 11 is 0. The van der Waals surface area contributed by atoms with Crippen molar-refractivity contribution in [1.82, 2.24) is 0 Å². The van der Waals surface area contributed by atoms with Crippen LogP contribution in [0.15, 0.2) is 36.5 Å². The SMILES string of the molecule is C=C(C)C(=O)O.C=C(C)C(=O)O.C=C(C)C(=O)O.CCCO. The lowest BCUT2D eigenvalue weighted by atomic mass is 10.4. The van der Waals surface area contributed by atoms with Gasteiger partial charge in [0.1, 0.15) is 0 Å². The van der Waals surface area contributed by atoms with Crippen molar-refractivity contribution >= 4 is 17.9 Å². The highest BCUT2D eigenvalue weighted by Crippen LogP contribution is 1.82. The Kier molecular flexibility index (Phi) is 23.5. The van der Waals surface area contributed by atoms with Crippen molar-refractivity contribution in [3.8, 4) is 0 Å². The second-order valence-electron chi connectivity index (χ2n) is 3.98. The number of carbonyl (C=O) groups is 3. The number of carboxylic acid groups (broad SMARTS) is 3. The molecule has 0 heterocycles. The summed E-state index contributed by atoms with van der Waals surface area (Å²) in [5.41, 5.74) is 0.528. The van der Waals surface area contributed by atoms with E-state index >= 15 is 0 Å². The molecule has 0 spiro atoms. The van der Waals surface area contributed by atoms with E-state index in [2.05, 4.69) is 19.7 Å². The van der Waals surface area contributed by atoms with Gasteiger partial charge in [0.2, 0.25) is 0 Å². The summed E-state index contributed by atoms with van der Waals surface area (Å²) in [7, 11) is 0. The third-order valence-electron chi connectivity index (χ3n) is 1.32. The van der Waals surface area contributed by atoms with Gasteiger partial charge in [-0.05, 0) is 27.2 Å². The number of hydrogen-bond donors (Lipinski definition) is 4. The fourth-order valence-corrected chi connectivity index (χ4v) is 0. The molecule has 0 unspecified atom stereocenters. The molecule has 4 N–H and O–H groups in total. The van der Waals surface area contributed by atoms with Crippen molar-refractivity contribution in [1.29, 1.82) is 0 Å². The molecule has 7 nitrogen and oxygen atoms in total. The summed E-state index contributed by atoms with van der Waals surface area (Å²) in [6, 6.07) is 0. The Labute approximate surface area is 130 Å². The topological polar surface area (TPSA) is 132 Å². The molecule has 0 bridgehead atoms. The fraction of sp³-hybridized carbons (Fsp3) is 0.400. The minimum absolute atomic E-state index is 0.176. The molecule has 0 radical (unpaired) electrons. The molecule has 0 aliphatic carbocycles. The van der Waals surface area contributed by atoms with Crippen LogP contribution >= 0.6 is 0 Å². The summed E-state index contributed by atoms with van der Waals surface area (Å²) in [5, 5.41) is 31.5. The first-order chi connectivity index (χ1) is 9.84. The van der Waals surface area contributed by atoms with Crippen molar-refractivity contribution < 1.29 is 34.8 Å². The maximum atomic E-state index is 9.60. The molecule has 0 aliphatic heterocycles. The van der Waals surface area contributed by atoms with Crippen LogP contribution in [0.5, 0.6) is 0 Å². The van der Waals surface area contributed by atoms with Gasteiger partial charge < -0.3 is 20.4 Å². The zero-order valence-electron chi connectivity index (χ0n) is 13.5. The van der Waals surface area contributed by atoms with Crippen LogP contribution in [0.4, 0.5) is 0 Å². The van der Waals surface area contributed by atoms with Crippen molar-refractivity contribution in [2.75, 3.05) is 6.61 Å². The van der Waals surface area contributed by atoms with Crippen LogP contribution in [0.1, 0.15) is 34.1 Å². The highest BCUT2D eigenvalue weighted by molar-refractivity contribution is 5.85. The minimum atomic E-state index is -0.935. The summed E-state index contributed by atoms with van der Waals surface area (Å²) < 4.78 is 0. The molecule has 0 saturated carbocycles. The van der Waals surface area contributed by atoms with Crippen molar-refractivity contribution in [2.24, 2.45) is 0 Å². The maximum absolute atomic E-state index is 9.60. The molecule has 0 aromatic rings. The molecule has 128 valence electrons. The van der Waals surface area contributed by atoms with E-state index in [0.717, 1.165) is 6.42 Å². The number of hydrogen-bond acceptors (Lipinski definition) is 4. The average molecular weight is 318 g/mol. The molecule has 7 heteroatoms. The standard InChI is InChI=1S/3C4H6O2.C3H8O/c3*1-3(2)4(5)6;1-2-3-4/h3*1H2,2H3,(H,5,6);4H,2-3H2,1H3. The molecule has 0 aliphatic rings. The average Bonchev–Trinajstić information content (AvgIpc) is 2.39. The van der Waals surface area contributed by atoms with Gasteiger partial charge in [0, 0.05) is 23.3 Å². The van der Waals surface area contributed by atoms with E-state index in [0.29, 0.717) is 6.61 Å². The molecule has 22 heavy (non-hydrogen) atoms. The number of rotatable bonds is 4. The molecule has 0 saturated heterocycles. The van der Waals surface area contributed by atoms with Crippen molar-refractivity contribution in [3.05, 3.63) is 36.5 Å². The molecule has 0 rings (SSSR count). The van der Waals surface area contributed by atoms with Crippen LogP contribution in [0.3, 0.4) is 0 Å². The number of carboxylic acids is 3. The van der Waals surface area contributed by atoms with Gasteiger partial charge in [0.25, 0.3) is 0 Å². The molecular weight excluding hydrogens is 292 g/mol. The van der Waals surface area contributed by atoms with Crippen molar-refractivity contribution in [3.63, 3.8) is 0 Å². The van der Waals surface area contributed by atoms with Gasteiger partial charge >= 0.3 is 17.9 Å². The zero-order chi connectivity index (χ0) is 18.9. The summed E-state index contributed by atoms with van der Waals surface area (Å²) in [5.74, 6) is -2.81. The smallest absolute Gasteiger partial charge is 0.330 e. The summed E-state index contributed by atoms with van der Waals surface area (Å²) in [6.07, 6.45) is 0.875. The molecular formula is C15H26O7. The largest absolute Gasteiger partial charge is 0.478 e. The Morgan fingerprint density at radius 1 is 0.727 bits per heavy atom. The Morgan fingerprint density at radius 2 is 0.818 bits per heavy atom. The van der Waals surface area contributed by atoms with E-state index in [1.807, 2.05) is 6.92 Å². The number of aliphatic hydroxyl groups excluding tert-OH is 1. The lowest BCUT2D eigenvalue weighted by Gasteiger charge is -1.79. The van der Waals surface area contributed by atoms with Gasteiger partial charge in [-0.25, -0.2) is 14.4 Å². The lowest BCUT2D eigenvalue weighted by molar-refractivity contribution is -0.133. The summed E-state index contributed by atoms with van der Waals surface area (Å²) in [4.78, 5) is 28.8. The first-order valence-electron chi connectivity index (χ1n) is 6.12. The van der Waals surface area contributed by atoms with Gasteiger partial charge in [-0.1, -0.05) is 26.7 Å².